The fourth-order valence-electron chi connectivity index (χ4n) is 1.99. The molecule has 17 heavy (non-hydrogen) atoms. The minimum absolute atomic E-state index is 0.0210. The number of rotatable bonds is 6. The van der Waals surface area contributed by atoms with E-state index in [1.165, 1.54) is 18.9 Å². The molecular formula is C14H22FNO. The summed E-state index contributed by atoms with van der Waals surface area (Å²) in [6.45, 7) is 6.28. The second kappa shape index (κ2) is 6.60. The monoisotopic (exact) mass is 239 g/mol. The fraction of sp³-hybridized carbons (Fsp3) is 0.571. The zero-order valence-corrected chi connectivity index (χ0v) is 10.8. The van der Waals surface area contributed by atoms with Crippen LogP contribution in [-0.4, -0.2) is 11.1 Å². The van der Waals surface area contributed by atoms with Crippen molar-refractivity contribution in [3.05, 3.63) is 29.6 Å². The van der Waals surface area contributed by atoms with Gasteiger partial charge in [-0.1, -0.05) is 25.8 Å². The normalized spacial score (nSPS) is 14.6. The van der Waals surface area contributed by atoms with Crippen molar-refractivity contribution in [2.75, 3.05) is 0 Å². The number of hydrogen-bond acceptors (Lipinski definition) is 2. The molecule has 0 spiro atoms. The minimum Gasteiger partial charge on any atom is -0.508 e. The van der Waals surface area contributed by atoms with Crippen molar-refractivity contribution in [1.29, 1.82) is 0 Å². The molecule has 2 nitrogen and oxygen atoms in total. The largest absolute Gasteiger partial charge is 0.508 e. The van der Waals surface area contributed by atoms with Crippen LogP contribution in [0.4, 0.5) is 4.39 Å². The Morgan fingerprint density at radius 3 is 2.65 bits per heavy atom. The molecule has 0 fully saturated rings. The first-order valence-corrected chi connectivity index (χ1v) is 6.29. The molecule has 2 atom stereocenters. The Bertz CT molecular complexity index is 354. The summed E-state index contributed by atoms with van der Waals surface area (Å²) in [5.74, 6) is -0.384. The van der Waals surface area contributed by atoms with Gasteiger partial charge in [-0.15, -0.1) is 0 Å². The maximum absolute atomic E-state index is 12.9. The lowest BCUT2D eigenvalue weighted by atomic mass is 10.0. The van der Waals surface area contributed by atoms with Gasteiger partial charge in [0.1, 0.15) is 11.6 Å². The van der Waals surface area contributed by atoms with Crippen molar-refractivity contribution in [3.8, 4) is 5.75 Å². The lowest BCUT2D eigenvalue weighted by Crippen LogP contribution is -2.28. The lowest BCUT2D eigenvalue weighted by Gasteiger charge is -2.21. The molecule has 0 saturated heterocycles. The summed E-state index contributed by atoms with van der Waals surface area (Å²) in [4.78, 5) is 0. The SMILES string of the molecule is CCCCC(C)NC(C)c1ccc(F)cc1O. The van der Waals surface area contributed by atoms with Gasteiger partial charge < -0.3 is 10.4 Å². The number of hydrogen-bond donors (Lipinski definition) is 2. The highest BCUT2D eigenvalue weighted by Gasteiger charge is 2.13. The van der Waals surface area contributed by atoms with E-state index in [1.807, 2.05) is 6.92 Å². The van der Waals surface area contributed by atoms with Crippen LogP contribution in [0.1, 0.15) is 51.6 Å². The molecule has 0 aliphatic heterocycles. The third kappa shape index (κ3) is 4.35. The van der Waals surface area contributed by atoms with Gasteiger partial charge in [0.15, 0.2) is 0 Å². The van der Waals surface area contributed by atoms with Gasteiger partial charge in [-0.25, -0.2) is 4.39 Å². The summed E-state index contributed by atoms with van der Waals surface area (Å²) in [5, 5.41) is 13.1. The van der Waals surface area contributed by atoms with Gasteiger partial charge in [0.05, 0.1) is 0 Å². The van der Waals surface area contributed by atoms with Gasteiger partial charge in [-0.2, -0.15) is 0 Å². The van der Waals surface area contributed by atoms with Gasteiger partial charge in [0, 0.05) is 23.7 Å². The van der Waals surface area contributed by atoms with Crippen LogP contribution in [0.25, 0.3) is 0 Å². The molecule has 1 aromatic rings. The molecule has 2 N–H and O–H groups in total. The third-order valence-electron chi connectivity index (χ3n) is 2.98. The van der Waals surface area contributed by atoms with Crippen molar-refractivity contribution in [3.63, 3.8) is 0 Å². The Morgan fingerprint density at radius 1 is 1.35 bits per heavy atom. The first kappa shape index (κ1) is 14.0. The molecule has 3 heteroatoms. The molecule has 0 heterocycles. The highest BCUT2D eigenvalue weighted by molar-refractivity contribution is 5.34. The zero-order valence-electron chi connectivity index (χ0n) is 10.8. The van der Waals surface area contributed by atoms with Crippen molar-refractivity contribution in [2.45, 2.75) is 52.1 Å². The fourth-order valence-corrected chi connectivity index (χ4v) is 1.99. The summed E-state index contributed by atoms with van der Waals surface area (Å²) >= 11 is 0. The Balaban J connectivity index is 2.60. The third-order valence-corrected chi connectivity index (χ3v) is 2.98. The van der Waals surface area contributed by atoms with E-state index in [2.05, 4.69) is 19.2 Å². The second-order valence-electron chi connectivity index (χ2n) is 4.63. The van der Waals surface area contributed by atoms with Crippen LogP contribution >= 0.6 is 0 Å². The van der Waals surface area contributed by atoms with E-state index in [-0.39, 0.29) is 11.8 Å². The molecular weight excluding hydrogens is 217 g/mol. The summed E-state index contributed by atoms with van der Waals surface area (Å²) in [6, 6.07) is 4.60. The van der Waals surface area contributed by atoms with Crippen LogP contribution in [0.5, 0.6) is 5.75 Å². The Hall–Kier alpha value is -1.09. The van der Waals surface area contributed by atoms with E-state index in [9.17, 15) is 9.50 Å². The molecule has 1 aromatic carbocycles. The number of phenols is 1. The molecule has 1 rings (SSSR count). The number of unbranched alkanes of at least 4 members (excludes halogenated alkanes) is 1. The van der Waals surface area contributed by atoms with Crippen LogP contribution < -0.4 is 5.32 Å². The van der Waals surface area contributed by atoms with Crippen LogP contribution in [0.3, 0.4) is 0 Å². The van der Waals surface area contributed by atoms with Gasteiger partial charge >= 0.3 is 0 Å². The van der Waals surface area contributed by atoms with Gasteiger partial charge in [-0.3, -0.25) is 0 Å². The number of benzene rings is 1. The predicted octanol–water partition coefficient (Wildman–Crippen LogP) is 3.76. The first-order valence-electron chi connectivity index (χ1n) is 6.29. The Labute approximate surface area is 103 Å². The summed E-state index contributed by atoms with van der Waals surface area (Å²) in [6.07, 6.45) is 3.49. The van der Waals surface area contributed by atoms with Crippen molar-refractivity contribution < 1.29 is 9.50 Å². The van der Waals surface area contributed by atoms with Crippen molar-refractivity contribution >= 4 is 0 Å². The molecule has 96 valence electrons. The van der Waals surface area contributed by atoms with Crippen LogP contribution in [0, 0.1) is 5.82 Å². The van der Waals surface area contributed by atoms with Gasteiger partial charge in [-0.05, 0) is 26.3 Å². The number of nitrogens with one attached hydrogen (secondary N) is 1. The quantitative estimate of drug-likeness (QED) is 0.792. The zero-order chi connectivity index (χ0) is 12.8. The van der Waals surface area contributed by atoms with E-state index >= 15 is 0 Å². The molecule has 0 aliphatic rings. The van der Waals surface area contributed by atoms with E-state index in [0.29, 0.717) is 6.04 Å². The molecule has 0 aromatic heterocycles. The predicted molar refractivity (Wildman–Crippen MR) is 68.6 cm³/mol. The lowest BCUT2D eigenvalue weighted by molar-refractivity contribution is 0.417. The van der Waals surface area contributed by atoms with Crippen LogP contribution in [0.15, 0.2) is 18.2 Å². The molecule has 0 radical (unpaired) electrons. The van der Waals surface area contributed by atoms with Crippen molar-refractivity contribution in [2.24, 2.45) is 0 Å². The molecule has 0 saturated carbocycles. The topological polar surface area (TPSA) is 32.3 Å². The number of halogens is 1. The molecule has 0 aliphatic carbocycles. The standard InChI is InChI=1S/C14H22FNO/c1-4-5-6-10(2)16-11(3)13-8-7-12(15)9-14(13)17/h7-11,16-17H,4-6H2,1-3H3. The van der Waals surface area contributed by atoms with Gasteiger partial charge in [0.2, 0.25) is 0 Å². The highest BCUT2D eigenvalue weighted by atomic mass is 19.1. The molecule has 2 unspecified atom stereocenters. The maximum atomic E-state index is 12.9. The Morgan fingerprint density at radius 2 is 2.06 bits per heavy atom. The Kier molecular flexibility index (Phi) is 5.42. The summed E-state index contributed by atoms with van der Waals surface area (Å²) < 4.78 is 12.9. The van der Waals surface area contributed by atoms with E-state index in [1.54, 1.807) is 6.07 Å². The second-order valence-corrected chi connectivity index (χ2v) is 4.63. The van der Waals surface area contributed by atoms with Crippen LogP contribution in [-0.2, 0) is 0 Å². The van der Waals surface area contributed by atoms with E-state index < -0.39 is 5.82 Å². The number of aromatic hydroxyl groups is 1. The average molecular weight is 239 g/mol. The molecule has 0 bridgehead atoms. The summed E-state index contributed by atoms with van der Waals surface area (Å²) in [5.41, 5.74) is 0.745. The highest BCUT2D eigenvalue weighted by Crippen LogP contribution is 2.25. The van der Waals surface area contributed by atoms with Crippen LogP contribution in [0.2, 0.25) is 0 Å². The smallest absolute Gasteiger partial charge is 0.126 e. The molecule has 0 amide bonds. The van der Waals surface area contributed by atoms with E-state index in [0.717, 1.165) is 18.1 Å². The van der Waals surface area contributed by atoms with E-state index in [4.69, 9.17) is 0 Å². The summed E-state index contributed by atoms with van der Waals surface area (Å²) in [7, 11) is 0. The minimum atomic E-state index is -0.405. The first-order chi connectivity index (χ1) is 8.04. The average Bonchev–Trinajstić information content (AvgIpc) is 2.26. The maximum Gasteiger partial charge on any atom is 0.126 e. The number of phenolic OH excluding ortho intramolecular Hbond substituents is 1. The van der Waals surface area contributed by atoms with Gasteiger partial charge in [0.25, 0.3) is 0 Å². The van der Waals surface area contributed by atoms with Crippen molar-refractivity contribution in [1.82, 2.24) is 5.32 Å².